The predicted octanol–water partition coefficient (Wildman–Crippen LogP) is 4.53. The van der Waals surface area contributed by atoms with Crippen LogP contribution in [-0.2, 0) is 11.0 Å². The lowest BCUT2D eigenvalue weighted by Crippen LogP contribution is -2.39. The molecule has 0 saturated carbocycles. The molecule has 1 aliphatic heterocycles. The highest BCUT2D eigenvalue weighted by molar-refractivity contribution is 6.05. The second-order valence-electron chi connectivity index (χ2n) is 9.10. The monoisotopic (exact) mass is 523 g/mol. The Bertz CT molecular complexity index is 1520. The van der Waals surface area contributed by atoms with E-state index in [-0.39, 0.29) is 23.3 Å². The van der Waals surface area contributed by atoms with Crippen LogP contribution in [0.5, 0.6) is 0 Å². The first-order valence-electron chi connectivity index (χ1n) is 11.9. The van der Waals surface area contributed by atoms with E-state index in [0.29, 0.717) is 35.6 Å². The Kier molecular flexibility index (Phi) is 6.47. The van der Waals surface area contributed by atoms with Gasteiger partial charge in [-0.15, -0.1) is 0 Å². The number of carbonyl (C=O) groups is 2. The van der Waals surface area contributed by atoms with Crippen molar-refractivity contribution in [3.63, 3.8) is 0 Å². The Morgan fingerprint density at radius 1 is 1.08 bits per heavy atom. The summed E-state index contributed by atoms with van der Waals surface area (Å²) in [5.74, 6) is -0.488. The molecule has 0 aliphatic carbocycles. The fraction of sp³-hybridized carbons (Fsp3) is 0.269. The molecule has 1 aliphatic rings. The molecular formula is C26H24F3N7O2. The Hall–Kier alpha value is -4.48. The molecule has 5 rings (SSSR count). The molecule has 0 radical (unpaired) electrons. The standard InChI is InChI=1S/C26H24F3N7O2/c1-15(37)35-12-2-3-19(14-35)36-20-9-11-32-24(30)22(20)23(34-36)16-4-6-17(7-5-16)25(38)33-21-13-18(8-10-31-21)26(27,28)29/h4-11,13,19H,2-3,12,14H2,1H3,(H2,30,32)(H,31,33,38)/t19-/m1/s1. The number of amides is 2. The van der Waals surface area contributed by atoms with Crippen molar-refractivity contribution in [3.8, 4) is 11.3 Å². The molecule has 196 valence electrons. The third-order valence-electron chi connectivity index (χ3n) is 6.59. The maximum Gasteiger partial charge on any atom is 0.416 e. The van der Waals surface area contributed by atoms with E-state index in [1.807, 2.05) is 10.7 Å². The molecule has 12 heteroatoms. The molecule has 3 N–H and O–H groups in total. The fourth-order valence-electron chi connectivity index (χ4n) is 4.68. The zero-order valence-electron chi connectivity index (χ0n) is 20.4. The number of nitrogens with one attached hydrogen (secondary N) is 1. The van der Waals surface area contributed by atoms with Crippen molar-refractivity contribution in [2.45, 2.75) is 32.0 Å². The predicted molar refractivity (Wildman–Crippen MR) is 135 cm³/mol. The molecule has 1 atom stereocenters. The summed E-state index contributed by atoms with van der Waals surface area (Å²) < 4.78 is 40.8. The van der Waals surface area contributed by atoms with Crippen molar-refractivity contribution in [2.75, 3.05) is 24.1 Å². The van der Waals surface area contributed by atoms with Gasteiger partial charge in [0, 0.05) is 43.5 Å². The Labute approximate surface area is 215 Å². The van der Waals surface area contributed by atoms with Gasteiger partial charge >= 0.3 is 6.18 Å². The number of likely N-dealkylation sites (tertiary alicyclic amines) is 1. The lowest BCUT2D eigenvalue weighted by Gasteiger charge is -2.32. The van der Waals surface area contributed by atoms with Crippen LogP contribution in [-0.4, -0.2) is 49.6 Å². The smallest absolute Gasteiger partial charge is 0.383 e. The summed E-state index contributed by atoms with van der Waals surface area (Å²) in [5.41, 5.74) is 7.62. The first kappa shape index (κ1) is 25.2. The molecule has 1 fully saturated rings. The van der Waals surface area contributed by atoms with E-state index in [9.17, 15) is 22.8 Å². The van der Waals surface area contributed by atoms with E-state index in [1.165, 1.54) is 0 Å². The van der Waals surface area contributed by atoms with E-state index in [4.69, 9.17) is 10.8 Å². The van der Waals surface area contributed by atoms with E-state index in [0.717, 1.165) is 36.7 Å². The molecule has 0 bridgehead atoms. The number of pyridine rings is 2. The number of nitrogens with two attached hydrogens (primary N) is 1. The number of halogens is 3. The van der Waals surface area contributed by atoms with Gasteiger partial charge in [-0.2, -0.15) is 18.3 Å². The topological polar surface area (TPSA) is 119 Å². The van der Waals surface area contributed by atoms with Crippen LogP contribution in [0.4, 0.5) is 24.8 Å². The van der Waals surface area contributed by atoms with Crippen LogP contribution in [0.2, 0.25) is 0 Å². The molecule has 0 spiro atoms. The Morgan fingerprint density at radius 2 is 1.82 bits per heavy atom. The first-order chi connectivity index (χ1) is 18.1. The summed E-state index contributed by atoms with van der Waals surface area (Å²) in [7, 11) is 0. The average Bonchev–Trinajstić information content (AvgIpc) is 3.29. The quantitative estimate of drug-likeness (QED) is 0.406. The van der Waals surface area contributed by atoms with Crippen molar-refractivity contribution in [1.82, 2.24) is 24.6 Å². The molecular weight excluding hydrogens is 499 g/mol. The molecule has 2 amide bonds. The third-order valence-corrected chi connectivity index (χ3v) is 6.59. The highest BCUT2D eigenvalue weighted by atomic mass is 19.4. The van der Waals surface area contributed by atoms with E-state index >= 15 is 0 Å². The van der Waals surface area contributed by atoms with Gasteiger partial charge in [0.25, 0.3) is 5.91 Å². The SMILES string of the molecule is CC(=O)N1CCC[C@@H](n2nc(-c3ccc(C(=O)Nc4cc(C(F)(F)F)ccn4)cc3)c3c(N)nccc32)C1. The minimum Gasteiger partial charge on any atom is -0.383 e. The summed E-state index contributed by atoms with van der Waals surface area (Å²) in [6, 6.07) is 9.89. The summed E-state index contributed by atoms with van der Waals surface area (Å²) in [5, 5.41) is 7.92. The van der Waals surface area contributed by atoms with Crippen LogP contribution in [0.15, 0.2) is 54.9 Å². The number of aromatic nitrogens is 4. The summed E-state index contributed by atoms with van der Waals surface area (Å²) in [6.07, 6.45) is -0.240. The molecule has 1 aromatic carbocycles. The Morgan fingerprint density at radius 3 is 2.53 bits per heavy atom. The summed E-state index contributed by atoms with van der Waals surface area (Å²) in [6.45, 7) is 2.80. The highest BCUT2D eigenvalue weighted by Gasteiger charge is 2.31. The number of piperidine rings is 1. The minimum atomic E-state index is -4.55. The van der Waals surface area contributed by atoms with Crippen LogP contribution in [0.25, 0.3) is 22.2 Å². The minimum absolute atomic E-state index is 0.0155. The van der Waals surface area contributed by atoms with Gasteiger partial charge in [-0.05, 0) is 43.2 Å². The summed E-state index contributed by atoms with van der Waals surface area (Å²) >= 11 is 0. The number of nitrogens with zero attached hydrogens (tertiary/aromatic N) is 5. The van der Waals surface area contributed by atoms with Gasteiger partial charge in [-0.25, -0.2) is 9.97 Å². The van der Waals surface area contributed by atoms with Crippen LogP contribution in [0.3, 0.4) is 0 Å². The normalized spacial score (nSPS) is 16.0. The van der Waals surface area contributed by atoms with Gasteiger partial charge in [-0.3, -0.25) is 14.3 Å². The molecule has 0 unspecified atom stereocenters. The molecule has 38 heavy (non-hydrogen) atoms. The maximum atomic E-state index is 13.0. The van der Waals surface area contributed by atoms with Crippen molar-refractivity contribution in [1.29, 1.82) is 0 Å². The first-order valence-corrected chi connectivity index (χ1v) is 11.9. The number of fused-ring (bicyclic) bond motifs is 1. The van der Waals surface area contributed by atoms with E-state index in [1.54, 1.807) is 42.3 Å². The number of anilines is 2. The number of rotatable bonds is 4. The van der Waals surface area contributed by atoms with Gasteiger partial charge in [0.15, 0.2) is 0 Å². The fourth-order valence-corrected chi connectivity index (χ4v) is 4.68. The Balaban J connectivity index is 1.43. The van der Waals surface area contributed by atoms with Gasteiger partial charge in [0.2, 0.25) is 5.91 Å². The summed E-state index contributed by atoms with van der Waals surface area (Å²) in [4.78, 5) is 34.5. The number of hydrogen-bond acceptors (Lipinski definition) is 6. The highest BCUT2D eigenvalue weighted by Crippen LogP contribution is 2.35. The van der Waals surface area contributed by atoms with Gasteiger partial charge in [0.1, 0.15) is 17.3 Å². The molecule has 9 nitrogen and oxygen atoms in total. The zero-order valence-corrected chi connectivity index (χ0v) is 20.4. The van der Waals surface area contributed by atoms with Crippen molar-refractivity contribution in [3.05, 3.63) is 66.0 Å². The maximum absolute atomic E-state index is 13.0. The molecule has 1 saturated heterocycles. The van der Waals surface area contributed by atoms with Crippen LogP contribution < -0.4 is 11.1 Å². The van der Waals surface area contributed by atoms with Crippen LogP contribution in [0, 0.1) is 0 Å². The number of alkyl halides is 3. The number of benzene rings is 1. The largest absolute Gasteiger partial charge is 0.416 e. The van der Waals surface area contributed by atoms with Crippen molar-refractivity contribution >= 4 is 34.4 Å². The number of nitrogen functional groups attached to an aromatic ring is 1. The lowest BCUT2D eigenvalue weighted by molar-refractivity contribution is -0.137. The average molecular weight is 524 g/mol. The van der Waals surface area contributed by atoms with Gasteiger partial charge in [0.05, 0.1) is 22.5 Å². The molecule has 4 heterocycles. The second kappa shape index (κ2) is 9.77. The second-order valence-corrected chi connectivity index (χ2v) is 9.10. The van der Waals surface area contributed by atoms with Gasteiger partial charge < -0.3 is 16.0 Å². The zero-order chi connectivity index (χ0) is 27.0. The number of hydrogen-bond donors (Lipinski definition) is 2. The number of carbonyl (C=O) groups excluding carboxylic acids is 2. The van der Waals surface area contributed by atoms with Crippen LogP contribution in [0.1, 0.15) is 41.7 Å². The van der Waals surface area contributed by atoms with E-state index < -0.39 is 17.6 Å². The van der Waals surface area contributed by atoms with Gasteiger partial charge in [-0.1, -0.05) is 12.1 Å². The van der Waals surface area contributed by atoms with E-state index in [2.05, 4.69) is 15.3 Å². The van der Waals surface area contributed by atoms with Crippen molar-refractivity contribution in [2.24, 2.45) is 0 Å². The van der Waals surface area contributed by atoms with Crippen molar-refractivity contribution < 1.29 is 22.8 Å². The van der Waals surface area contributed by atoms with Crippen LogP contribution >= 0.6 is 0 Å². The lowest BCUT2D eigenvalue weighted by atomic mass is 10.0. The third kappa shape index (κ3) is 4.89. The molecule has 4 aromatic rings. The molecule has 3 aromatic heterocycles.